The largest absolute Gasteiger partial charge is 0.490 e. The van der Waals surface area contributed by atoms with E-state index in [0.29, 0.717) is 24.8 Å². The Morgan fingerprint density at radius 1 is 1.30 bits per heavy atom. The summed E-state index contributed by atoms with van der Waals surface area (Å²) < 4.78 is 31.7. The molecule has 0 aromatic heterocycles. The fraction of sp³-hybridized carbons (Fsp3) is 0.706. The number of hydrogen-bond acceptors (Lipinski definition) is 4. The maximum atomic E-state index is 11.4. The van der Waals surface area contributed by atoms with E-state index in [4.69, 9.17) is 9.90 Å². The number of carbonyl (C=O) groups is 3. The average molecular weight is 396 g/mol. The summed E-state index contributed by atoms with van der Waals surface area (Å²) in [7, 11) is 0. The summed E-state index contributed by atoms with van der Waals surface area (Å²) in [5.41, 5.74) is 0. The Balaban J connectivity index is 0.000000821. The lowest BCUT2D eigenvalue weighted by atomic mass is 10.0. The van der Waals surface area contributed by atoms with Crippen LogP contribution in [0.2, 0.25) is 0 Å². The van der Waals surface area contributed by atoms with Gasteiger partial charge in [-0.2, -0.15) is 13.2 Å². The molecule has 1 saturated heterocycles. The van der Waals surface area contributed by atoms with Crippen LogP contribution in [0.3, 0.4) is 0 Å². The monoisotopic (exact) mass is 396 g/mol. The number of halogens is 3. The van der Waals surface area contributed by atoms with Crippen molar-refractivity contribution >= 4 is 17.8 Å². The third-order valence-electron chi connectivity index (χ3n) is 4.14. The first-order chi connectivity index (χ1) is 12.4. The minimum absolute atomic E-state index is 0.0357. The number of alkyl halides is 3. The first kappa shape index (κ1) is 24.9. The van der Waals surface area contributed by atoms with Gasteiger partial charge in [-0.05, 0) is 25.2 Å². The third kappa shape index (κ3) is 9.97. The minimum Gasteiger partial charge on any atom is -0.480 e. The second-order valence-corrected chi connectivity index (χ2v) is 6.34. The highest BCUT2D eigenvalue weighted by Gasteiger charge is 2.38. The van der Waals surface area contributed by atoms with E-state index >= 15 is 0 Å². The maximum Gasteiger partial charge on any atom is 0.490 e. The van der Waals surface area contributed by atoms with Gasteiger partial charge in [0.05, 0.1) is 0 Å². The lowest BCUT2D eigenvalue weighted by Gasteiger charge is -2.26. The molecule has 0 spiro atoms. The second kappa shape index (κ2) is 11.6. The Bertz CT molecular complexity index is 537. The maximum absolute atomic E-state index is 11.4. The lowest BCUT2D eigenvalue weighted by molar-refractivity contribution is -0.192. The summed E-state index contributed by atoms with van der Waals surface area (Å²) in [5.74, 6) is -2.92. The Morgan fingerprint density at radius 3 is 2.22 bits per heavy atom. The molecule has 156 valence electrons. The first-order valence-corrected chi connectivity index (χ1v) is 8.56. The molecule has 0 aliphatic carbocycles. The average Bonchev–Trinajstić information content (AvgIpc) is 2.94. The molecule has 0 aromatic carbocycles. The van der Waals surface area contributed by atoms with Crippen molar-refractivity contribution in [3.8, 4) is 0 Å². The number of aliphatic carboxylic acids is 2. The van der Waals surface area contributed by atoms with Crippen LogP contribution in [0.15, 0.2) is 12.2 Å². The van der Waals surface area contributed by atoms with E-state index in [1.54, 1.807) is 0 Å². The number of amides is 1. The van der Waals surface area contributed by atoms with Gasteiger partial charge in [0.2, 0.25) is 5.91 Å². The highest BCUT2D eigenvalue weighted by atomic mass is 19.4. The zero-order valence-corrected chi connectivity index (χ0v) is 15.6. The quantitative estimate of drug-likeness (QED) is 0.569. The second-order valence-electron chi connectivity index (χ2n) is 6.34. The zero-order valence-electron chi connectivity index (χ0n) is 15.6. The normalized spacial score (nSPS) is 21.4. The van der Waals surface area contributed by atoms with Crippen molar-refractivity contribution in [2.75, 3.05) is 19.6 Å². The number of carboxylic acids is 2. The summed E-state index contributed by atoms with van der Waals surface area (Å²) >= 11 is 0. The highest BCUT2D eigenvalue weighted by molar-refractivity contribution is 5.74. The van der Waals surface area contributed by atoms with Crippen molar-refractivity contribution in [2.24, 2.45) is 11.8 Å². The third-order valence-corrected chi connectivity index (χ3v) is 4.14. The number of nitrogens with zero attached hydrogens (tertiary/aromatic N) is 1. The van der Waals surface area contributed by atoms with E-state index in [0.717, 1.165) is 19.5 Å². The number of carboxylic acid groups (broad SMARTS) is 2. The van der Waals surface area contributed by atoms with Crippen molar-refractivity contribution < 1.29 is 37.8 Å². The molecule has 1 heterocycles. The van der Waals surface area contributed by atoms with Crippen LogP contribution in [-0.2, 0) is 14.4 Å². The van der Waals surface area contributed by atoms with Crippen LogP contribution >= 0.6 is 0 Å². The van der Waals surface area contributed by atoms with Crippen LogP contribution in [0.25, 0.3) is 0 Å². The number of nitrogens with one attached hydrogen (secondary N) is 1. The number of carbonyl (C=O) groups excluding carboxylic acids is 1. The van der Waals surface area contributed by atoms with Gasteiger partial charge in [-0.1, -0.05) is 25.5 Å². The Kier molecular flexibility index (Phi) is 10.7. The van der Waals surface area contributed by atoms with Crippen LogP contribution in [0, 0.1) is 11.8 Å². The molecular weight excluding hydrogens is 369 g/mol. The summed E-state index contributed by atoms with van der Waals surface area (Å²) in [6.45, 7) is 7.67. The molecular formula is C17H27F3N2O5. The van der Waals surface area contributed by atoms with Crippen molar-refractivity contribution in [1.82, 2.24) is 10.2 Å². The van der Waals surface area contributed by atoms with E-state index in [1.807, 2.05) is 17.9 Å². The van der Waals surface area contributed by atoms with Crippen LogP contribution in [-0.4, -0.2) is 64.8 Å². The number of allylic oxidation sites excluding steroid dienone is 1. The Morgan fingerprint density at radius 2 is 1.85 bits per heavy atom. The first-order valence-electron chi connectivity index (χ1n) is 8.56. The molecule has 1 aliphatic heterocycles. The van der Waals surface area contributed by atoms with E-state index in [1.165, 1.54) is 6.92 Å². The molecule has 1 rings (SSSR count). The van der Waals surface area contributed by atoms with E-state index in [2.05, 4.69) is 18.3 Å². The van der Waals surface area contributed by atoms with Crippen molar-refractivity contribution in [1.29, 1.82) is 0 Å². The predicted octanol–water partition coefficient (Wildman–Crippen LogP) is 2.13. The molecule has 1 fully saturated rings. The van der Waals surface area contributed by atoms with Crippen molar-refractivity contribution in [3.63, 3.8) is 0 Å². The lowest BCUT2D eigenvalue weighted by Crippen LogP contribution is -2.41. The molecule has 0 bridgehead atoms. The van der Waals surface area contributed by atoms with E-state index < -0.39 is 24.2 Å². The SMILES string of the molecule is CC=C[C@@H]1C[C@H](C(=O)O)N(C[C@H](CC)CNC(C)=O)C1.O=C(O)C(F)(F)F. The molecule has 10 heteroatoms. The molecule has 1 amide bonds. The molecule has 1 aliphatic rings. The summed E-state index contributed by atoms with van der Waals surface area (Å²) in [6.07, 6.45) is 0.597. The van der Waals surface area contributed by atoms with E-state index in [9.17, 15) is 27.9 Å². The van der Waals surface area contributed by atoms with Crippen molar-refractivity contribution in [2.45, 2.75) is 45.8 Å². The smallest absolute Gasteiger partial charge is 0.480 e. The van der Waals surface area contributed by atoms with Gasteiger partial charge in [-0.15, -0.1) is 0 Å². The van der Waals surface area contributed by atoms with Gasteiger partial charge in [-0.25, -0.2) is 4.79 Å². The molecule has 0 aromatic rings. The fourth-order valence-electron chi connectivity index (χ4n) is 2.77. The standard InChI is InChI=1S/C15H26N2O3.C2HF3O2/c1-4-6-13-7-14(15(19)20)17(10-13)9-12(5-2)8-16-11(3)18;3-2(4,5)1(6)7/h4,6,12-14H,5,7-10H2,1-3H3,(H,16,18)(H,19,20);(H,6,7)/t12-,13-,14-;/m1./s1. The Hall–Kier alpha value is -2.10. The number of hydrogen-bond donors (Lipinski definition) is 3. The molecule has 3 atom stereocenters. The molecule has 0 saturated carbocycles. The Labute approximate surface area is 156 Å². The van der Waals surface area contributed by atoms with Gasteiger partial charge >= 0.3 is 18.1 Å². The fourth-order valence-corrected chi connectivity index (χ4v) is 2.77. The van der Waals surface area contributed by atoms with Gasteiger partial charge in [-0.3, -0.25) is 14.5 Å². The van der Waals surface area contributed by atoms with Crippen LogP contribution < -0.4 is 5.32 Å². The molecule has 27 heavy (non-hydrogen) atoms. The molecule has 0 radical (unpaired) electrons. The molecule has 3 N–H and O–H groups in total. The van der Waals surface area contributed by atoms with Crippen LogP contribution in [0.1, 0.15) is 33.6 Å². The topological polar surface area (TPSA) is 107 Å². The van der Waals surface area contributed by atoms with Gasteiger partial charge in [0.1, 0.15) is 6.04 Å². The summed E-state index contributed by atoms with van der Waals surface area (Å²) in [5, 5.41) is 19.3. The van der Waals surface area contributed by atoms with Crippen LogP contribution in [0.4, 0.5) is 13.2 Å². The zero-order chi connectivity index (χ0) is 21.2. The summed E-state index contributed by atoms with van der Waals surface area (Å²) in [6, 6.07) is -0.400. The molecule has 0 unspecified atom stereocenters. The number of likely N-dealkylation sites (tertiary alicyclic amines) is 1. The van der Waals surface area contributed by atoms with Gasteiger partial charge in [0, 0.05) is 26.6 Å². The van der Waals surface area contributed by atoms with Crippen molar-refractivity contribution in [3.05, 3.63) is 12.2 Å². The summed E-state index contributed by atoms with van der Waals surface area (Å²) in [4.78, 5) is 33.3. The predicted molar refractivity (Wildman–Crippen MR) is 92.1 cm³/mol. The van der Waals surface area contributed by atoms with Gasteiger partial charge in [0.25, 0.3) is 0 Å². The van der Waals surface area contributed by atoms with Gasteiger partial charge < -0.3 is 15.5 Å². The number of rotatable bonds is 7. The minimum atomic E-state index is -5.08. The molecule has 7 nitrogen and oxygen atoms in total. The van der Waals surface area contributed by atoms with E-state index in [-0.39, 0.29) is 5.91 Å². The highest BCUT2D eigenvalue weighted by Crippen LogP contribution is 2.26. The van der Waals surface area contributed by atoms with Gasteiger partial charge in [0.15, 0.2) is 0 Å². The van der Waals surface area contributed by atoms with Crippen LogP contribution in [0.5, 0.6) is 0 Å².